The molecule has 0 saturated heterocycles. The minimum absolute atomic E-state index is 0.172. The standard InChI is InChI=1S/C17H11ClO3/c18-16-7-15-12-3-1-10(19)5-9(12)8-21-17(15)13-4-2-11(20)6-14(13)16/h1-7,19-20H,8H2. The first-order valence-electron chi connectivity index (χ1n) is 6.54. The maximum absolute atomic E-state index is 9.62. The van der Waals surface area contributed by atoms with Gasteiger partial charge in [0.15, 0.2) is 0 Å². The molecule has 0 atom stereocenters. The highest BCUT2D eigenvalue weighted by Gasteiger charge is 2.21. The number of hydrogen-bond acceptors (Lipinski definition) is 3. The average molecular weight is 299 g/mol. The number of aromatic hydroxyl groups is 2. The lowest BCUT2D eigenvalue weighted by Crippen LogP contribution is -2.06. The second-order valence-electron chi connectivity index (χ2n) is 5.10. The minimum atomic E-state index is 0.172. The molecule has 21 heavy (non-hydrogen) atoms. The van der Waals surface area contributed by atoms with Crippen molar-refractivity contribution >= 4 is 22.4 Å². The van der Waals surface area contributed by atoms with Gasteiger partial charge in [-0.05, 0) is 42.0 Å². The number of fused-ring (bicyclic) bond motifs is 5. The fourth-order valence-electron chi connectivity index (χ4n) is 2.81. The van der Waals surface area contributed by atoms with Crippen LogP contribution in [0.4, 0.5) is 0 Å². The Morgan fingerprint density at radius 3 is 2.48 bits per heavy atom. The lowest BCUT2D eigenvalue weighted by molar-refractivity contribution is 0.305. The van der Waals surface area contributed by atoms with E-state index in [1.807, 2.05) is 12.1 Å². The number of phenolic OH excluding ortho intramolecular Hbond substituents is 2. The largest absolute Gasteiger partial charge is 0.508 e. The molecule has 0 unspecified atom stereocenters. The van der Waals surface area contributed by atoms with Crippen LogP contribution in [0.2, 0.25) is 5.02 Å². The Morgan fingerprint density at radius 2 is 1.62 bits per heavy atom. The molecular formula is C17H11ClO3. The van der Waals surface area contributed by atoms with E-state index in [1.165, 1.54) is 0 Å². The van der Waals surface area contributed by atoms with Crippen molar-refractivity contribution in [2.75, 3.05) is 0 Å². The summed E-state index contributed by atoms with van der Waals surface area (Å²) in [7, 11) is 0. The number of benzene rings is 3. The Bertz CT molecular complexity index is 887. The van der Waals surface area contributed by atoms with Gasteiger partial charge in [-0.15, -0.1) is 0 Å². The molecule has 4 rings (SSSR count). The number of hydrogen-bond donors (Lipinski definition) is 2. The zero-order chi connectivity index (χ0) is 14.6. The Hall–Kier alpha value is -2.39. The molecule has 1 heterocycles. The van der Waals surface area contributed by atoms with Gasteiger partial charge >= 0.3 is 0 Å². The Kier molecular flexibility index (Phi) is 2.53. The summed E-state index contributed by atoms with van der Waals surface area (Å²) in [5.41, 5.74) is 2.84. The molecule has 3 aromatic rings. The van der Waals surface area contributed by atoms with Gasteiger partial charge in [0.2, 0.25) is 0 Å². The van der Waals surface area contributed by atoms with Gasteiger partial charge in [0, 0.05) is 26.9 Å². The van der Waals surface area contributed by atoms with Crippen molar-refractivity contribution in [1.29, 1.82) is 0 Å². The number of phenols is 2. The summed E-state index contributed by atoms with van der Waals surface area (Å²) in [6.07, 6.45) is 0. The van der Waals surface area contributed by atoms with E-state index in [0.29, 0.717) is 11.6 Å². The van der Waals surface area contributed by atoms with Gasteiger partial charge in [0.25, 0.3) is 0 Å². The Morgan fingerprint density at radius 1 is 0.857 bits per heavy atom. The number of ether oxygens (including phenoxy) is 1. The normalized spacial score (nSPS) is 12.6. The van der Waals surface area contributed by atoms with E-state index in [4.69, 9.17) is 16.3 Å². The van der Waals surface area contributed by atoms with Crippen molar-refractivity contribution in [3.8, 4) is 28.4 Å². The molecule has 2 N–H and O–H groups in total. The van der Waals surface area contributed by atoms with Gasteiger partial charge < -0.3 is 14.9 Å². The van der Waals surface area contributed by atoms with E-state index in [9.17, 15) is 10.2 Å². The van der Waals surface area contributed by atoms with Gasteiger partial charge in [0.05, 0.1) is 0 Å². The van der Waals surface area contributed by atoms with E-state index < -0.39 is 0 Å². The van der Waals surface area contributed by atoms with Crippen molar-refractivity contribution in [3.05, 3.63) is 53.1 Å². The highest BCUT2D eigenvalue weighted by atomic mass is 35.5. The third-order valence-corrected chi connectivity index (χ3v) is 4.08. The zero-order valence-corrected chi connectivity index (χ0v) is 11.7. The van der Waals surface area contributed by atoms with Crippen LogP contribution in [-0.4, -0.2) is 10.2 Å². The predicted molar refractivity (Wildman–Crippen MR) is 82.1 cm³/mol. The Balaban J connectivity index is 2.07. The van der Waals surface area contributed by atoms with Crippen LogP contribution in [0.15, 0.2) is 42.5 Å². The van der Waals surface area contributed by atoms with E-state index in [2.05, 4.69) is 0 Å². The molecule has 4 heteroatoms. The smallest absolute Gasteiger partial charge is 0.135 e. The maximum Gasteiger partial charge on any atom is 0.135 e. The third-order valence-electron chi connectivity index (χ3n) is 3.77. The number of rotatable bonds is 0. The highest BCUT2D eigenvalue weighted by Crippen LogP contribution is 2.46. The molecule has 0 aromatic heterocycles. The fraction of sp³-hybridized carbons (Fsp3) is 0.0588. The van der Waals surface area contributed by atoms with Crippen molar-refractivity contribution in [3.63, 3.8) is 0 Å². The predicted octanol–water partition coefficient (Wildman–Crippen LogP) is 4.46. The molecule has 0 radical (unpaired) electrons. The van der Waals surface area contributed by atoms with E-state index >= 15 is 0 Å². The first kappa shape index (κ1) is 12.4. The van der Waals surface area contributed by atoms with E-state index in [1.54, 1.807) is 30.3 Å². The quantitative estimate of drug-likeness (QED) is 0.644. The molecule has 0 amide bonds. The van der Waals surface area contributed by atoms with Gasteiger partial charge in [-0.3, -0.25) is 0 Å². The van der Waals surface area contributed by atoms with Gasteiger partial charge in [-0.1, -0.05) is 17.7 Å². The van der Waals surface area contributed by atoms with Crippen LogP contribution >= 0.6 is 11.6 Å². The van der Waals surface area contributed by atoms with Gasteiger partial charge in [-0.25, -0.2) is 0 Å². The molecule has 0 bridgehead atoms. The SMILES string of the molecule is Oc1ccc2c(c1)COc1c-2cc(Cl)c2cc(O)ccc12. The van der Waals surface area contributed by atoms with Crippen molar-refractivity contribution in [2.45, 2.75) is 6.61 Å². The van der Waals surface area contributed by atoms with Crippen LogP contribution in [-0.2, 0) is 6.61 Å². The van der Waals surface area contributed by atoms with Crippen LogP contribution in [0.3, 0.4) is 0 Å². The van der Waals surface area contributed by atoms with Crippen LogP contribution in [0, 0.1) is 0 Å². The molecule has 104 valence electrons. The molecule has 0 fully saturated rings. The molecule has 0 saturated carbocycles. The highest BCUT2D eigenvalue weighted by molar-refractivity contribution is 6.36. The maximum atomic E-state index is 9.62. The summed E-state index contributed by atoms with van der Waals surface area (Å²) >= 11 is 6.35. The summed E-state index contributed by atoms with van der Waals surface area (Å²) in [4.78, 5) is 0. The summed E-state index contributed by atoms with van der Waals surface area (Å²) in [5, 5.41) is 21.4. The third kappa shape index (κ3) is 1.82. The monoisotopic (exact) mass is 298 g/mol. The summed E-state index contributed by atoms with van der Waals surface area (Å²) in [5.74, 6) is 1.15. The van der Waals surface area contributed by atoms with Crippen LogP contribution in [0.25, 0.3) is 21.9 Å². The van der Waals surface area contributed by atoms with Gasteiger partial charge in [-0.2, -0.15) is 0 Å². The molecule has 3 aromatic carbocycles. The molecule has 3 nitrogen and oxygen atoms in total. The molecule has 0 spiro atoms. The average Bonchev–Trinajstić information content (AvgIpc) is 2.47. The van der Waals surface area contributed by atoms with Crippen LogP contribution in [0.5, 0.6) is 17.2 Å². The van der Waals surface area contributed by atoms with E-state index in [0.717, 1.165) is 33.2 Å². The zero-order valence-electron chi connectivity index (χ0n) is 10.9. The fourth-order valence-corrected chi connectivity index (χ4v) is 3.08. The van der Waals surface area contributed by atoms with Crippen LogP contribution in [0.1, 0.15) is 5.56 Å². The second-order valence-corrected chi connectivity index (χ2v) is 5.50. The summed E-state index contributed by atoms with van der Waals surface area (Å²) in [6.45, 7) is 0.397. The van der Waals surface area contributed by atoms with Crippen LogP contribution < -0.4 is 4.74 Å². The summed E-state index contributed by atoms with van der Waals surface area (Å²) in [6, 6.07) is 12.1. The summed E-state index contributed by atoms with van der Waals surface area (Å²) < 4.78 is 5.86. The lowest BCUT2D eigenvalue weighted by Gasteiger charge is -2.23. The molecular weight excluding hydrogens is 288 g/mol. The molecule has 1 aliphatic rings. The topological polar surface area (TPSA) is 49.7 Å². The Labute approximate surface area is 126 Å². The molecule has 0 aliphatic carbocycles. The van der Waals surface area contributed by atoms with Crippen molar-refractivity contribution in [2.24, 2.45) is 0 Å². The first-order chi connectivity index (χ1) is 10.1. The number of halogens is 1. The van der Waals surface area contributed by atoms with Gasteiger partial charge in [0.1, 0.15) is 23.9 Å². The lowest BCUT2D eigenvalue weighted by atomic mass is 9.94. The van der Waals surface area contributed by atoms with Crippen molar-refractivity contribution in [1.82, 2.24) is 0 Å². The first-order valence-corrected chi connectivity index (χ1v) is 6.91. The minimum Gasteiger partial charge on any atom is -0.508 e. The molecule has 1 aliphatic heterocycles. The second kappa shape index (κ2) is 4.30. The van der Waals surface area contributed by atoms with E-state index in [-0.39, 0.29) is 11.5 Å². The van der Waals surface area contributed by atoms with Crippen molar-refractivity contribution < 1.29 is 14.9 Å².